The summed E-state index contributed by atoms with van der Waals surface area (Å²) in [6, 6.07) is 4.13. The molecule has 0 saturated heterocycles. The number of hydrogen-bond acceptors (Lipinski definition) is 2. The largest absolute Gasteiger partial charge is 0.390 e. The van der Waals surface area contributed by atoms with E-state index in [9.17, 15) is 14.6 Å². The monoisotopic (exact) mass is 218 g/mol. The summed E-state index contributed by atoms with van der Waals surface area (Å²) >= 11 is 5.71. The van der Waals surface area contributed by atoms with Crippen LogP contribution in [-0.2, 0) is 0 Å². The summed E-state index contributed by atoms with van der Waals surface area (Å²) in [7, 11) is 0. The summed E-state index contributed by atoms with van der Waals surface area (Å²) in [5.74, 6) is -0.600. The highest BCUT2D eigenvalue weighted by Crippen LogP contribution is 2.28. The Hall–Kier alpha value is -0.640. The molecule has 0 heterocycles. The molecule has 2 atom stereocenters. The van der Waals surface area contributed by atoms with Crippen LogP contribution in [0.25, 0.3) is 0 Å². The zero-order chi connectivity index (χ0) is 10.7. The normalized spacial score (nSPS) is 15.2. The molecule has 1 aromatic rings. The van der Waals surface area contributed by atoms with Crippen LogP contribution in [0.2, 0.25) is 5.02 Å². The Kier molecular flexibility index (Phi) is 3.86. The zero-order valence-corrected chi connectivity index (χ0v) is 8.50. The minimum Gasteiger partial charge on any atom is -0.390 e. The molecule has 14 heavy (non-hydrogen) atoms. The molecule has 0 radical (unpaired) electrons. The molecule has 0 aromatic heterocycles. The molecular weight excluding hydrogens is 207 g/mol. The van der Waals surface area contributed by atoms with Crippen molar-refractivity contribution in [1.29, 1.82) is 0 Å². The number of benzene rings is 1. The summed E-state index contributed by atoms with van der Waals surface area (Å²) in [6.45, 7) is 1.70. The molecule has 2 N–H and O–H groups in total. The summed E-state index contributed by atoms with van der Waals surface area (Å²) < 4.78 is 13.2. The first-order valence-electron chi connectivity index (χ1n) is 4.38. The van der Waals surface area contributed by atoms with Gasteiger partial charge in [-0.15, -0.1) is 0 Å². The Labute approximate surface area is 86.9 Å². The summed E-state index contributed by atoms with van der Waals surface area (Å²) in [5.41, 5.74) is -0.0384. The maximum Gasteiger partial charge on any atom is 0.130 e. The zero-order valence-electron chi connectivity index (χ0n) is 7.74. The van der Waals surface area contributed by atoms with Crippen molar-refractivity contribution >= 4 is 11.6 Å². The highest BCUT2D eigenvalue weighted by Gasteiger charge is 2.22. The average molecular weight is 219 g/mol. The SMILES string of the molecule is CCC(O)C(O)c1c(F)cccc1Cl. The Morgan fingerprint density at radius 3 is 2.57 bits per heavy atom. The first kappa shape index (κ1) is 11.4. The molecule has 4 heteroatoms. The van der Waals surface area contributed by atoms with Gasteiger partial charge in [-0.1, -0.05) is 24.6 Å². The standard InChI is InChI=1S/C10H12ClFO2/c1-2-8(13)10(14)9-6(11)4-3-5-7(9)12/h3-5,8,10,13-14H,2H2,1H3. The Bertz CT molecular complexity index is 297. The lowest BCUT2D eigenvalue weighted by molar-refractivity contribution is 0.0145. The van der Waals surface area contributed by atoms with Crippen molar-refractivity contribution in [2.45, 2.75) is 25.6 Å². The third kappa shape index (κ3) is 2.23. The maximum absolute atomic E-state index is 13.2. The van der Waals surface area contributed by atoms with Crippen LogP contribution in [-0.4, -0.2) is 16.3 Å². The van der Waals surface area contributed by atoms with E-state index in [0.29, 0.717) is 6.42 Å². The predicted molar refractivity (Wildman–Crippen MR) is 52.7 cm³/mol. The fraction of sp³-hybridized carbons (Fsp3) is 0.400. The van der Waals surface area contributed by atoms with Crippen LogP contribution in [0.15, 0.2) is 18.2 Å². The summed E-state index contributed by atoms with van der Waals surface area (Å²) in [4.78, 5) is 0. The average Bonchev–Trinajstić information content (AvgIpc) is 2.16. The van der Waals surface area contributed by atoms with Gasteiger partial charge in [0.05, 0.1) is 6.10 Å². The second kappa shape index (κ2) is 4.73. The van der Waals surface area contributed by atoms with Gasteiger partial charge in [0, 0.05) is 10.6 Å². The van der Waals surface area contributed by atoms with E-state index in [1.165, 1.54) is 18.2 Å². The van der Waals surface area contributed by atoms with Crippen molar-refractivity contribution < 1.29 is 14.6 Å². The van der Waals surface area contributed by atoms with Crippen LogP contribution < -0.4 is 0 Å². The van der Waals surface area contributed by atoms with Crippen LogP contribution >= 0.6 is 11.6 Å². The van der Waals surface area contributed by atoms with Crippen LogP contribution in [0, 0.1) is 5.82 Å². The number of hydrogen-bond donors (Lipinski definition) is 2. The quantitative estimate of drug-likeness (QED) is 0.817. The lowest BCUT2D eigenvalue weighted by Crippen LogP contribution is -2.18. The third-order valence-corrected chi connectivity index (χ3v) is 2.41. The molecular formula is C10H12ClFO2. The van der Waals surface area contributed by atoms with Gasteiger partial charge in [-0.05, 0) is 18.6 Å². The number of halogens is 2. The second-order valence-corrected chi connectivity index (χ2v) is 3.46. The molecule has 0 fully saturated rings. The van der Waals surface area contributed by atoms with Gasteiger partial charge in [0.15, 0.2) is 0 Å². The van der Waals surface area contributed by atoms with E-state index in [0.717, 1.165) is 0 Å². The molecule has 78 valence electrons. The van der Waals surface area contributed by atoms with Crippen molar-refractivity contribution in [3.05, 3.63) is 34.6 Å². The number of aliphatic hydroxyl groups is 2. The minimum atomic E-state index is -1.27. The molecule has 0 spiro atoms. The van der Waals surface area contributed by atoms with Gasteiger partial charge >= 0.3 is 0 Å². The van der Waals surface area contributed by atoms with Gasteiger partial charge in [0.2, 0.25) is 0 Å². The van der Waals surface area contributed by atoms with Crippen LogP contribution in [0.3, 0.4) is 0 Å². The van der Waals surface area contributed by atoms with Crippen LogP contribution in [0.5, 0.6) is 0 Å². The second-order valence-electron chi connectivity index (χ2n) is 3.06. The molecule has 0 aliphatic carbocycles. The third-order valence-electron chi connectivity index (χ3n) is 2.08. The van der Waals surface area contributed by atoms with Crippen molar-refractivity contribution in [3.63, 3.8) is 0 Å². The summed E-state index contributed by atoms with van der Waals surface area (Å²) in [6.07, 6.45) is -1.93. The van der Waals surface area contributed by atoms with Crippen LogP contribution in [0.4, 0.5) is 4.39 Å². The Balaban J connectivity index is 3.05. The van der Waals surface area contributed by atoms with Crippen molar-refractivity contribution in [2.75, 3.05) is 0 Å². The van der Waals surface area contributed by atoms with E-state index in [1.54, 1.807) is 6.92 Å². The lowest BCUT2D eigenvalue weighted by atomic mass is 10.0. The van der Waals surface area contributed by atoms with Gasteiger partial charge in [-0.25, -0.2) is 4.39 Å². The molecule has 2 nitrogen and oxygen atoms in total. The first-order chi connectivity index (χ1) is 6.57. The van der Waals surface area contributed by atoms with Crippen molar-refractivity contribution in [1.82, 2.24) is 0 Å². The highest BCUT2D eigenvalue weighted by molar-refractivity contribution is 6.31. The summed E-state index contributed by atoms with van der Waals surface area (Å²) in [5, 5.41) is 19.1. The molecule has 1 aromatic carbocycles. The maximum atomic E-state index is 13.2. The Morgan fingerprint density at radius 2 is 2.07 bits per heavy atom. The van der Waals surface area contributed by atoms with E-state index < -0.39 is 18.0 Å². The smallest absolute Gasteiger partial charge is 0.130 e. The van der Waals surface area contributed by atoms with Gasteiger partial charge in [0.1, 0.15) is 11.9 Å². The predicted octanol–water partition coefficient (Wildman–Crippen LogP) is 2.28. The molecule has 0 amide bonds. The molecule has 0 aliphatic heterocycles. The first-order valence-corrected chi connectivity index (χ1v) is 4.75. The van der Waals surface area contributed by atoms with E-state index >= 15 is 0 Å². The van der Waals surface area contributed by atoms with Crippen LogP contribution in [0.1, 0.15) is 25.0 Å². The van der Waals surface area contributed by atoms with Crippen molar-refractivity contribution in [2.24, 2.45) is 0 Å². The minimum absolute atomic E-state index is 0.0384. The fourth-order valence-electron chi connectivity index (χ4n) is 1.21. The molecule has 1 rings (SSSR count). The van der Waals surface area contributed by atoms with Crippen molar-refractivity contribution in [3.8, 4) is 0 Å². The molecule has 0 saturated carbocycles. The van der Waals surface area contributed by atoms with Gasteiger partial charge < -0.3 is 10.2 Å². The number of rotatable bonds is 3. The highest BCUT2D eigenvalue weighted by atomic mass is 35.5. The van der Waals surface area contributed by atoms with E-state index in [1.807, 2.05) is 0 Å². The molecule has 0 aliphatic rings. The van der Waals surface area contributed by atoms with E-state index in [2.05, 4.69) is 0 Å². The molecule has 0 bridgehead atoms. The van der Waals surface area contributed by atoms with Gasteiger partial charge in [-0.3, -0.25) is 0 Å². The fourth-order valence-corrected chi connectivity index (χ4v) is 1.48. The topological polar surface area (TPSA) is 40.5 Å². The molecule has 2 unspecified atom stereocenters. The van der Waals surface area contributed by atoms with E-state index in [-0.39, 0.29) is 10.6 Å². The number of aliphatic hydroxyl groups excluding tert-OH is 2. The van der Waals surface area contributed by atoms with Gasteiger partial charge in [-0.2, -0.15) is 0 Å². The van der Waals surface area contributed by atoms with Gasteiger partial charge in [0.25, 0.3) is 0 Å². The lowest BCUT2D eigenvalue weighted by Gasteiger charge is -2.18. The Morgan fingerprint density at radius 1 is 1.43 bits per heavy atom. The van der Waals surface area contributed by atoms with E-state index in [4.69, 9.17) is 11.6 Å².